The molecule has 2 N–H and O–H groups in total. The van der Waals surface area contributed by atoms with Crippen molar-refractivity contribution in [3.8, 4) is 0 Å². The maximum absolute atomic E-state index is 11.9. The van der Waals surface area contributed by atoms with Gasteiger partial charge in [-0.3, -0.25) is 4.79 Å². The van der Waals surface area contributed by atoms with Crippen LogP contribution in [-0.2, 0) is 4.79 Å². The predicted octanol–water partition coefficient (Wildman–Crippen LogP) is 1.37. The summed E-state index contributed by atoms with van der Waals surface area (Å²) in [6, 6.07) is -0.293. The van der Waals surface area contributed by atoms with Gasteiger partial charge in [0.25, 0.3) is 0 Å². The Labute approximate surface area is 86.6 Å². The lowest BCUT2D eigenvalue weighted by Gasteiger charge is -2.30. The van der Waals surface area contributed by atoms with E-state index in [2.05, 4.69) is 6.92 Å². The van der Waals surface area contributed by atoms with E-state index in [0.717, 1.165) is 32.4 Å². The van der Waals surface area contributed by atoms with Crippen LogP contribution in [0.25, 0.3) is 0 Å². The first-order valence-corrected chi connectivity index (χ1v) is 5.71. The van der Waals surface area contributed by atoms with E-state index in [0.29, 0.717) is 5.92 Å². The normalized spacial score (nSPS) is 21.8. The molecule has 1 aliphatic heterocycles. The van der Waals surface area contributed by atoms with Gasteiger partial charge in [-0.05, 0) is 25.2 Å². The topological polar surface area (TPSA) is 46.3 Å². The summed E-state index contributed by atoms with van der Waals surface area (Å²) in [6.07, 6.45) is 4.50. The third-order valence-electron chi connectivity index (χ3n) is 3.21. The molecule has 0 aromatic heterocycles. The second-order valence-electron chi connectivity index (χ2n) is 4.30. The molecule has 3 heteroatoms. The third-order valence-corrected chi connectivity index (χ3v) is 3.21. The van der Waals surface area contributed by atoms with Crippen molar-refractivity contribution >= 4 is 5.91 Å². The standard InChI is InChI=1S/C11H22N2O/c1-3-9(2)10(12)11(14)13-7-5-4-6-8-13/h9-10H,3-8,12H2,1-2H3/t9?,10-/m0/s1. The summed E-state index contributed by atoms with van der Waals surface area (Å²) in [5.74, 6) is 0.448. The van der Waals surface area contributed by atoms with Crippen LogP contribution in [-0.4, -0.2) is 29.9 Å². The van der Waals surface area contributed by atoms with Crippen molar-refractivity contribution in [2.45, 2.75) is 45.6 Å². The fraction of sp³-hybridized carbons (Fsp3) is 0.909. The second kappa shape index (κ2) is 5.35. The molecule has 0 aliphatic carbocycles. The summed E-state index contributed by atoms with van der Waals surface area (Å²) in [6.45, 7) is 5.94. The minimum atomic E-state index is -0.293. The summed E-state index contributed by atoms with van der Waals surface area (Å²) >= 11 is 0. The SMILES string of the molecule is CCC(C)[C@H](N)C(=O)N1CCCCC1. The van der Waals surface area contributed by atoms with Crippen molar-refractivity contribution in [3.63, 3.8) is 0 Å². The largest absolute Gasteiger partial charge is 0.341 e. The smallest absolute Gasteiger partial charge is 0.239 e. The van der Waals surface area contributed by atoms with Crippen LogP contribution in [0, 0.1) is 5.92 Å². The van der Waals surface area contributed by atoms with Crippen LogP contribution in [0.3, 0.4) is 0 Å². The number of piperidine rings is 1. The molecule has 1 amide bonds. The minimum Gasteiger partial charge on any atom is -0.341 e. The van der Waals surface area contributed by atoms with Crippen LogP contribution < -0.4 is 5.73 Å². The zero-order chi connectivity index (χ0) is 10.6. The van der Waals surface area contributed by atoms with Crippen LogP contribution in [0.2, 0.25) is 0 Å². The van der Waals surface area contributed by atoms with Crippen LogP contribution in [0.4, 0.5) is 0 Å². The molecule has 1 unspecified atom stereocenters. The van der Waals surface area contributed by atoms with Gasteiger partial charge in [0.05, 0.1) is 6.04 Å². The average Bonchev–Trinajstić information content (AvgIpc) is 2.27. The fourth-order valence-corrected chi connectivity index (χ4v) is 1.82. The van der Waals surface area contributed by atoms with E-state index in [4.69, 9.17) is 5.73 Å². The van der Waals surface area contributed by atoms with Gasteiger partial charge in [-0.1, -0.05) is 20.3 Å². The Morgan fingerprint density at radius 2 is 1.93 bits per heavy atom. The maximum atomic E-state index is 11.9. The maximum Gasteiger partial charge on any atom is 0.239 e. The van der Waals surface area contributed by atoms with E-state index in [9.17, 15) is 4.79 Å². The molecule has 3 nitrogen and oxygen atoms in total. The molecule has 0 radical (unpaired) electrons. The number of carbonyl (C=O) groups excluding carboxylic acids is 1. The Morgan fingerprint density at radius 3 is 2.43 bits per heavy atom. The van der Waals surface area contributed by atoms with E-state index in [1.165, 1.54) is 6.42 Å². The number of hydrogen-bond donors (Lipinski definition) is 1. The molecule has 1 rings (SSSR count). The Kier molecular flexibility index (Phi) is 4.39. The van der Waals surface area contributed by atoms with Gasteiger partial charge in [-0.2, -0.15) is 0 Å². The molecule has 1 saturated heterocycles. The van der Waals surface area contributed by atoms with Crippen LogP contribution in [0.1, 0.15) is 39.5 Å². The van der Waals surface area contributed by atoms with Crippen LogP contribution in [0.5, 0.6) is 0 Å². The van der Waals surface area contributed by atoms with Gasteiger partial charge >= 0.3 is 0 Å². The molecule has 14 heavy (non-hydrogen) atoms. The van der Waals surface area contributed by atoms with Crippen molar-refractivity contribution in [2.75, 3.05) is 13.1 Å². The molecule has 1 heterocycles. The molecule has 0 bridgehead atoms. The van der Waals surface area contributed by atoms with Crippen molar-refractivity contribution in [3.05, 3.63) is 0 Å². The average molecular weight is 198 g/mol. The first-order valence-electron chi connectivity index (χ1n) is 5.71. The van der Waals surface area contributed by atoms with Gasteiger partial charge in [0.15, 0.2) is 0 Å². The quantitative estimate of drug-likeness (QED) is 0.744. The van der Waals surface area contributed by atoms with Gasteiger partial charge in [0.1, 0.15) is 0 Å². The summed E-state index contributed by atoms with van der Waals surface area (Å²) < 4.78 is 0. The van der Waals surface area contributed by atoms with E-state index in [1.54, 1.807) is 0 Å². The number of nitrogens with zero attached hydrogens (tertiary/aromatic N) is 1. The van der Waals surface area contributed by atoms with Crippen molar-refractivity contribution in [1.29, 1.82) is 0 Å². The number of rotatable bonds is 3. The Balaban J connectivity index is 2.46. The summed E-state index contributed by atoms with van der Waals surface area (Å²) in [5.41, 5.74) is 5.91. The Bertz CT molecular complexity index is 184. The molecular formula is C11H22N2O. The number of amides is 1. The molecule has 2 atom stereocenters. The molecular weight excluding hydrogens is 176 g/mol. The van der Waals surface area contributed by atoms with Crippen molar-refractivity contribution in [1.82, 2.24) is 4.90 Å². The van der Waals surface area contributed by atoms with Gasteiger partial charge in [-0.15, -0.1) is 0 Å². The second-order valence-corrected chi connectivity index (χ2v) is 4.30. The summed E-state index contributed by atoms with van der Waals surface area (Å²) in [7, 11) is 0. The van der Waals surface area contributed by atoms with E-state index >= 15 is 0 Å². The molecule has 0 spiro atoms. The minimum absolute atomic E-state index is 0.152. The number of hydrogen-bond acceptors (Lipinski definition) is 2. The highest BCUT2D eigenvalue weighted by Gasteiger charge is 2.25. The van der Waals surface area contributed by atoms with Crippen LogP contribution in [0.15, 0.2) is 0 Å². The zero-order valence-electron chi connectivity index (χ0n) is 9.33. The van der Waals surface area contributed by atoms with E-state index < -0.39 is 0 Å². The molecule has 0 aromatic carbocycles. The highest BCUT2D eigenvalue weighted by atomic mass is 16.2. The Morgan fingerprint density at radius 1 is 1.36 bits per heavy atom. The lowest BCUT2D eigenvalue weighted by molar-refractivity contribution is -0.134. The summed E-state index contributed by atoms with van der Waals surface area (Å²) in [4.78, 5) is 13.8. The molecule has 82 valence electrons. The van der Waals surface area contributed by atoms with Gasteiger partial charge in [-0.25, -0.2) is 0 Å². The summed E-state index contributed by atoms with van der Waals surface area (Å²) in [5, 5.41) is 0. The van der Waals surface area contributed by atoms with Crippen molar-refractivity contribution in [2.24, 2.45) is 11.7 Å². The third kappa shape index (κ3) is 2.71. The van der Waals surface area contributed by atoms with Crippen LogP contribution >= 0.6 is 0 Å². The zero-order valence-corrected chi connectivity index (χ0v) is 9.33. The monoisotopic (exact) mass is 198 g/mol. The van der Waals surface area contributed by atoms with Gasteiger partial charge in [0.2, 0.25) is 5.91 Å². The highest BCUT2D eigenvalue weighted by molar-refractivity contribution is 5.82. The first-order chi connectivity index (χ1) is 6.66. The number of nitrogens with two attached hydrogens (primary N) is 1. The fourth-order valence-electron chi connectivity index (χ4n) is 1.82. The van der Waals surface area contributed by atoms with Gasteiger partial charge < -0.3 is 10.6 Å². The first kappa shape index (κ1) is 11.5. The Hall–Kier alpha value is -0.570. The molecule has 1 aliphatic rings. The van der Waals surface area contributed by atoms with E-state index in [-0.39, 0.29) is 11.9 Å². The van der Waals surface area contributed by atoms with E-state index in [1.807, 2.05) is 11.8 Å². The number of carbonyl (C=O) groups is 1. The lowest BCUT2D eigenvalue weighted by Crippen LogP contribution is -2.48. The lowest BCUT2D eigenvalue weighted by atomic mass is 9.98. The molecule has 0 aromatic rings. The highest BCUT2D eigenvalue weighted by Crippen LogP contribution is 2.13. The van der Waals surface area contributed by atoms with Gasteiger partial charge in [0, 0.05) is 13.1 Å². The molecule has 0 saturated carbocycles. The van der Waals surface area contributed by atoms with Crippen molar-refractivity contribution < 1.29 is 4.79 Å². The molecule has 1 fully saturated rings. The predicted molar refractivity (Wildman–Crippen MR) is 57.9 cm³/mol. The number of likely N-dealkylation sites (tertiary alicyclic amines) is 1.